The van der Waals surface area contributed by atoms with Crippen molar-refractivity contribution in [2.24, 2.45) is 0 Å². The minimum atomic E-state index is 0.360. The number of nitrogens with one attached hydrogen (secondary N) is 2. The quantitative estimate of drug-likeness (QED) is 0.756. The van der Waals surface area contributed by atoms with Crippen LogP contribution in [0.4, 0.5) is 5.69 Å². The molecule has 0 bridgehead atoms. The number of allylic oxidation sites excluding steroid dienone is 2. The van der Waals surface area contributed by atoms with Crippen LogP contribution in [0.2, 0.25) is 0 Å². The predicted octanol–water partition coefficient (Wildman–Crippen LogP) is 4.66. The molecular formula is C22H28N4O. The van der Waals surface area contributed by atoms with Gasteiger partial charge in [0.2, 0.25) is 0 Å². The van der Waals surface area contributed by atoms with Gasteiger partial charge in [-0.05, 0) is 44.0 Å². The van der Waals surface area contributed by atoms with Gasteiger partial charge in [-0.3, -0.25) is 0 Å². The molecule has 1 aromatic carbocycles. The third-order valence-corrected chi connectivity index (χ3v) is 4.04. The van der Waals surface area contributed by atoms with Crippen molar-refractivity contribution in [1.29, 1.82) is 0 Å². The van der Waals surface area contributed by atoms with Crippen LogP contribution in [-0.4, -0.2) is 30.1 Å². The van der Waals surface area contributed by atoms with Crippen molar-refractivity contribution < 1.29 is 4.74 Å². The highest BCUT2D eigenvalue weighted by molar-refractivity contribution is 5.51. The first kappa shape index (κ1) is 20.4. The number of nitrogens with zero attached hydrogens (tertiary/aromatic N) is 2. The molecule has 27 heavy (non-hydrogen) atoms. The van der Waals surface area contributed by atoms with Crippen molar-refractivity contribution in [3.8, 4) is 11.8 Å². The minimum absolute atomic E-state index is 0.360. The molecule has 142 valence electrons. The van der Waals surface area contributed by atoms with E-state index in [1.54, 1.807) is 18.5 Å². The van der Waals surface area contributed by atoms with Gasteiger partial charge >= 0.3 is 6.01 Å². The molecule has 1 aliphatic heterocycles. The number of anilines is 1. The lowest BCUT2D eigenvalue weighted by Crippen LogP contribution is -2.08. The largest absolute Gasteiger partial charge is 0.424 e. The molecule has 5 heteroatoms. The molecule has 2 heterocycles. The van der Waals surface area contributed by atoms with Crippen LogP contribution in [0, 0.1) is 6.92 Å². The van der Waals surface area contributed by atoms with Gasteiger partial charge in [0.1, 0.15) is 5.75 Å². The summed E-state index contributed by atoms with van der Waals surface area (Å²) in [5.74, 6) is 0.762. The normalized spacial score (nSPS) is 13.3. The molecule has 0 unspecified atom stereocenters. The van der Waals surface area contributed by atoms with Crippen molar-refractivity contribution in [2.45, 2.75) is 20.8 Å². The van der Waals surface area contributed by atoms with Crippen molar-refractivity contribution in [3.63, 3.8) is 0 Å². The van der Waals surface area contributed by atoms with E-state index in [0.29, 0.717) is 6.01 Å². The maximum absolute atomic E-state index is 5.59. The molecule has 0 spiro atoms. The van der Waals surface area contributed by atoms with E-state index >= 15 is 0 Å². The number of aryl methyl sites for hydroxylation is 1. The fraction of sp³-hybridized carbons (Fsp3) is 0.273. The Morgan fingerprint density at radius 3 is 2.56 bits per heavy atom. The molecule has 0 amide bonds. The standard InChI is InChI=1S/C12H13N3O.C10H15N/c1-9-4-5-10(13-2)8-11(9)16-12-14-6-3-7-15-12;1-8(2)4-5-10-7-11-6-9(10)3/h3-8,13H,1-2H3;4-5,11H,1,6-7H2,2-3H3/b;5-4-. The Morgan fingerprint density at radius 2 is 1.96 bits per heavy atom. The first-order valence-corrected chi connectivity index (χ1v) is 8.96. The first-order valence-electron chi connectivity index (χ1n) is 8.96. The Bertz CT molecular complexity index is 825. The molecule has 1 aromatic heterocycles. The van der Waals surface area contributed by atoms with Crippen molar-refractivity contribution >= 4 is 5.69 Å². The lowest BCUT2D eigenvalue weighted by atomic mass is 10.1. The topological polar surface area (TPSA) is 59.1 Å². The van der Waals surface area contributed by atoms with Gasteiger partial charge in [0.05, 0.1) is 0 Å². The highest BCUT2D eigenvalue weighted by atomic mass is 16.5. The second-order valence-electron chi connectivity index (χ2n) is 6.45. The zero-order valence-electron chi connectivity index (χ0n) is 16.5. The SMILES string of the molecule is C=C(C)/C=C\C1=C(C)CNC1.CNc1ccc(C)c(Oc2ncccn2)c1. The average molecular weight is 364 g/mol. The fourth-order valence-electron chi connectivity index (χ4n) is 2.40. The van der Waals surface area contributed by atoms with Crippen molar-refractivity contribution in [2.75, 3.05) is 25.5 Å². The molecule has 1 aliphatic rings. The summed E-state index contributed by atoms with van der Waals surface area (Å²) in [4.78, 5) is 8.03. The van der Waals surface area contributed by atoms with Crippen LogP contribution in [0.25, 0.3) is 0 Å². The molecule has 0 saturated heterocycles. The molecule has 0 saturated carbocycles. The predicted molar refractivity (Wildman–Crippen MR) is 112 cm³/mol. The van der Waals surface area contributed by atoms with E-state index in [0.717, 1.165) is 35.7 Å². The molecule has 3 rings (SSSR count). The third kappa shape index (κ3) is 6.72. The first-order chi connectivity index (χ1) is 13.0. The second-order valence-corrected chi connectivity index (χ2v) is 6.45. The van der Waals surface area contributed by atoms with E-state index < -0.39 is 0 Å². The van der Waals surface area contributed by atoms with Crippen LogP contribution in [0.5, 0.6) is 11.8 Å². The van der Waals surface area contributed by atoms with E-state index in [1.165, 1.54) is 11.1 Å². The minimum Gasteiger partial charge on any atom is -0.424 e. The van der Waals surface area contributed by atoms with E-state index in [1.807, 2.05) is 39.1 Å². The Labute approximate surface area is 161 Å². The van der Waals surface area contributed by atoms with E-state index in [2.05, 4.69) is 46.3 Å². The second kappa shape index (κ2) is 10.3. The number of hydrogen-bond donors (Lipinski definition) is 2. The molecule has 2 N–H and O–H groups in total. The monoisotopic (exact) mass is 364 g/mol. The summed E-state index contributed by atoms with van der Waals surface area (Å²) < 4.78 is 5.59. The number of rotatable bonds is 5. The summed E-state index contributed by atoms with van der Waals surface area (Å²) in [5, 5.41) is 6.35. The summed E-state index contributed by atoms with van der Waals surface area (Å²) in [5.41, 5.74) is 6.01. The lowest BCUT2D eigenvalue weighted by Gasteiger charge is -2.08. The van der Waals surface area contributed by atoms with E-state index in [4.69, 9.17) is 4.74 Å². The summed E-state index contributed by atoms with van der Waals surface area (Å²) in [6, 6.07) is 8.02. The van der Waals surface area contributed by atoms with Crippen LogP contribution < -0.4 is 15.4 Å². The zero-order valence-corrected chi connectivity index (χ0v) is 16.5. The summed E-state index contributed by atoms with van der Waals surface area (Å²) in [6.07, 6.45) is 7.52. The molecule has 0 radical (unpaired) electrons. The van der Waals surface area contributed by atoms with Crippen molar-refractivity contribution in [3.05, 3.63) is 77.7 Å². The number of aromatic nitrogens is 2. The molecule has 0 atom stereocenters. The van der Waals surface area contributed by atoms with Gasteiger partial charge in [0.25, 0.3) is 0 Å². The lowest BCUT2D eigenvalue weighted by molar-refractivity contribution is 0.439. The molecule has 5 nitrogen and oxygen atoms in total. The van der Waals surface area contributed by atoms with E-state index in [9.17, 15) is 0 Å². The molecule has 0 fully saturated rings. The number of hydrogen-bond acceptors (Lipinski definition) is 5. The summed E-state index contributed by atoms with van der Waals surface area (Å²) in [6.45, 7) is 12.0. The van der Waals surface area contributed by atoms with E-state index in [-0.39, 0.29) is 0 Å². The Hall–Kier alpha value is -2.92. The van der Waals surface area contributed by atoms with Crippen LogP contribution in [0.15, 0.2) is 72.1 Å². The zero-order chi connectivity index (χ0) is 19.6. The summed E-state index contributed by atoms with van der Waals surface area (Å²) >= 11 is 0. The van der Waals surface area contributed by atoms with Gasteiger partial charge in [-0.15, -0.1) is 0 Å². The maximum Gasteiger partial charge on any atom is 0.321 e. The Balaban J connectivity index is 0.000000208. The molecule has 0 aliphatic carbocycles. The summed E-state index contributed by atoms with van der Waals surface area (Å²) in [7, 11) is 1.87. The van der Waals surface area contributed by atoms with Gasteiger partial charge < -0.3 is 15.4 Å². The Kier molecular flexibility index (Phi) is 7.77. The van der Waals surface area contributed by atoms with Crippen molar-refractivity contribution in [1.82, 2.24) is 15.3 Å². The fourth-order valence-corrected chi connectivity index (χ4v) is 2.40. The van der Waals surface area contributed by atoms with Crippen LogP contribution in [0.3, 0.4) is 0 Å². The van der Waals surface area contributed by atoms with Gasteiger partial charge in [-0.1, -0.05) is 35.9 Å². The average Bonchev–Trinajstić information content (AvgIpc) is 3.08. The maximum atomic E-state index is 5.59. The van der Waals surface area contributed by atoms with Gasteiger partial charge in [-0.2, -0.15) is 0 Å². The molecular weight excluding hydrogens is 336 g/mol. The van der Waals surface area contributed by atoms with Gasteiger partial charge in [0, 0.05) is 44.3 Å². The highest BCUT2D eigenvalue weighted by Gasteiger charge is 2.05. The van der Waals surface area contributed by atoms with Gasteiger partial charge in [-0.25, -0.2) is 9.97 Å². The van der Waals surface area contributed by atoms with Crippen LogP contribution >= 0.6 is 0 Å². The van der Waals surface area contributed by atoms with Gasteiger partial charge in [0.15, 0.2) is 0 Å². The third-order valence-electron chi connectivity index (χ3n) is 4.04. The number of ether oxygens (including phenoxy) is 1. The number of benzene rings is 1. The highest BCUT2D eigenvalue weighted by Crippen LogP contribution is 2.25. The van der Waals surface area contributed by atoms with Crippen LogP contribution in [-0.2, 0) is 0 Å². The Morgan fingerprint density at radius 1 is 1.22 bits per heavy atom. The molecule has 2 aromatic rings. The smallest absolute Gasteiger partial charge is 0.321 e. The van der Waals surface area contributed by atoms with Crippen LogP contribution in [0.1, 0.15) is 19.4 Å².